The normalized spacial score (nSPS) is 11.5. The maximum atomic E-state index is 13.4. The summed E-state index contributed by atoms with van der Waals surface area (Å²) in [5, 5.41) is 0.939. The number of carbonyl (C=O) groups is 1. The van der Waals surface area contributed by atoms with Crippen LogP contribution in [0.15, 0.2) is 76.7 Å². The number of thioether (sulfide) groups is 1. The Balaban J connectivity index is 1.68. The van der Waals surface area contributed by atoms with Gasteiger partial charge in [-0.05, 0) is 67.4 Å². The summed E-state index contributed by atoms with van der Waals surface area (Å²) in [7, 11) is -3.40. The molecule has 0 aliphatic carbocycles. The van der Waals surface area contributed by atoms with Gasteiger partial charge >= 0.3 is 0 Å². The van der Waals surface area contributed by atoms with Crippen LogP contribution in [0.25, 0.3) is 16.6 Å². The van der Waals surface area contributed by atoms with E-state index in [-0.39, 0.29) is 17.1 Å². The van der Waals surface area contributed by atoms with Crippen molar-refractivity contribution in [1.29, 1.82) is 0 Å². The van der Waals surface area contributed by atoms with Crippen LogP contribution in [0.2, 0.25) is 0 Å². The number of aromatic nitrogens is 2. The van der Waals surface area contributed by atoms with E-state index in [1.807, 2.05) is 38.1 Å². The van der Waals surface area contributed by atoms with Gasteiger partial charge in [0.1, 0.15) is 0 Å². The molecule has 1 aromatic heterocycles. The van der Waals surface area contributed by atoms with Gasteiger partial charge in [0, 0.05) is 11.3 Å². The quantitative estimate of drug-likeness (QED) is 0.234. The molecule has 4 aromatic rings. The molecule has 174 valence electrons. The Morgan fingerprint density at radius 1 is 1.00 bits per heavy atom. The number of hydrogen-bond donors (Lipinski definition) is 1. The molecule has 0 atom stereocenters. The van der Waals surface area contributed by atoms with E-state index in [0.717, 1.165) is 23.1 Å². The minimum atomic E-state index is -3.40. The topological polar surface area (TPSA) is 98.1 Å². The van der Waals surface area contributed by atoms with Gasteiger partial charge in [-0.1, -0.05) is 36.0 Å². The first-order valence-electron chi connectivity index (χ1n) is 10.5. The number of nitrogens with one attached hydrogen (secondary N) is 1. The van der Waals surface area contributed by atoms with Gasteiger partial charge in [-0.2, -0.15) is 0 Å². The molecule has 0 saturated heterocycles. The van der Waals surface area contributed by atoms with E-state index in [0.29, 0.717) is 27.3 Å². The summed E-state index contributed by atoms with van der Waals surface area (Å²) in [5.74, 6) is -0.0973. The van der Waals surface area contributed by atoms with Crippen LogP contribution in [0.5, 0.6) is 0 Å². The minimum absolute atomic E-state index is 0.0640. The number of fused-ring (bicyclic) bond motifs is 1. The number of nitrogens with zero attached hydrogens (tertiary/aromatic N) is 2. The fourth-order valence-electron chi connectivity index (χ4n) is 3.55. The first-order chi connectivity index (χ1) is 16.1. The van der Waals surface area contributed by atoms with Crippen LogP contribution in [0.3, 0.4) is 0 Å². The molecular formula is C25H23N3O4S2. The molecule has 0 fully saturated rings. The fraction of sp³-hybridized carbons (Fsp3) is 0.160. The number of ketones is 1. The number of para-hydroxylation sites is 1. The van der Waals surface area contributed by atoms with E-state index in [4.69, 9.17) is 4.98 Å². The van der Waals surface area contributed by atoms with Gasteiger partial charge in [0.2, 0.25) is 10.0 Å². The van der Waals surface area contributed by atoms with Crippen LogP contribution in [-0.4, -0.2) is 35.8 Å². The van der Waals surface area contributed by atoms with Crippen LogP contribution in [-0.2, 0) is 10.0 Å². The highest BCUT2D eigenvalue weighted by atomic mass is 32.2. The molecule has 0 amide bonds. The van der Waals surface area contributed by atoms with E-state index >= 15 is 0 Å². The molecule has 0 bridgehead atoms. The number of benzene rings is 3. The number of sulfonamides is 1. The van der Waals surface area contributed by atoms with Crippen LogP contribution < -0.4 is 10.3 Å². The Morgan fingerprint density at radius 3 is 2.41 bits per heavy atom. The number of rotatable bonds is 7. The lowest BCUT2D eigenvalue weighted by molar-refractivity contribution is 0.102. The Hall–Kier alpha value is -3.43. The Morgan fingerprint density at radius 2 is 1.71 bits per heavy atom. The van der Waals surface area contributed by atoms with Gasteiger partial charge in [0.15, 0.2) is 10.9 Å². The van der Waals surface area contributed by atoms with Gasteiger partial charge in [0.05, 0.1) is 28.6 Å². The molecule has 4 rings (SSSR count). The van der Waals surface area contributed by atoms with Gasteiger partial charge in [-0.3, -0.25) is 18.9 Å². The Bertz CT molecular complexity index is 1560. The second-order valence-corrected chi connectivity index (χ2v) is 10.6. The average molecular weight is 494 g/mol. The predicted molar refractivity (Wildman–Crippen MR) is 137 cm³/mol. The molecular weight excluding hydrogens is 470 g/mol. The number of hydrogen-bond acceptors (Lipinski definition) is 6. The highest BCUT2D eigenvalue weighted by Gasteiger charge is 2.17. The fourth-order valence-corrected chi connectivity index (χ4v) is 5.02. The van der Waals surface area contributed by atoms with Crippen molar-refractivity contribution in [2.24, 2.45) is 0 Å². The van der Waals surface area contributed by atoms with Crippen molar-refractivity contribution >= 4 is 44.2 Å². The lowest BCUT2D eigenvalue weighted by Crippen LogP contribution is -2.23. The zero-order valence-corrected chi connectivity index (χ0v) is 20.5. The largest absolute Gasteiger partial charge is 0.293 e. The van der Waals surface area contributed by atoms with Crippen LogP contribution >= 0.6 is 11.8 Å². The summed E-state index contributed by atoms with van der Waals surface area (Å²) in [6.07, 6.45) is 1.06. The Labute approximate surface area is 201 Å². The molecule has 0 aliphatic rings. The summed E-state index contributed by atoms with van der Waals surface area (Å²) in [4.78, 5) is 31.0. The first-order valence-corrected chi connectivity index (χ1v) is 13.3. The van der Waals surface area contributed by atoms with Crippen LogP contribution in [0.1, 0.15) is 21.5 Å². The highest BCUT2D eigenvalue weighted by Crippen LogP contribution is 2.25. The van der Waals surface area contributed by atoms with E-state index in [9.17, 15) is 18.0 Å². The summed E-state index contributed by atoms with van der Waals surface area (Å²) in [6, 6.07) is 19.1. The third-order valence-electron chi connectivity index (χ3n) is 5.40. The summed E-state index contributed by atoms with van der Waals surface area (Å²) in [5.41, 5.74) is 3.94. The van der Waals surface area contributed by atoms with E-state index < -0.39 is 10.0 Å². The lowest BCUT2D eigenvalue weighted by Gasteiger charge is -2.16. The summed E-state index contributed by atoms with van der Waals surface area (Å²) in [6.45, 7) is 3.94. The van der Waals surface area contributed by atoms with Gasteiger partial charge in [-0.25, -0.2) is 13.4 Å². The van der Waals surface area contributed by atoms with Gasteiger partial charge in [-0.15, -0.1) is 0 Å². The van der Waals surface area contributed by atoms with E-state index in [1.165, 1.54) is 11.8 Å². The lowest BCUT2D eigenvalue weighted by atomic mass is 10.1. The van der Waals surface area contributed by atoms with Crippen molar-refractivity contribution in [2.45, 2.75) is 19.0 Å². The van der Waals surface area contributed by atoms with Crippen molar-refractivity contribution in [3.8, 4) is 5.69 Å². The number of Topliss-reactive ketones (excluding diaryl/α,β-unsaturated/α-hetero) is 1. The molecule has 34 heavy (non-hydrogen) atoms. The average Bonchev–Trinajstić information content (AvgIpc) is 2.79. The standard InChI is InChI=1S/C25H23N3O4S2/c1-16-7-6-10-22(17(16)2)28-24(30)20-8-4-5-9-21(20)26-25(28)33-15-23(29)18-11-13-19(14-12-18)27-34(3,31)32/h4-14,27H,15H2,1-3H3. The number of carbonyl (C=O) groups excluding carboxylic acids is 1. The molecule has 9 heteroatoms. The van der Waals surface area contributed by atoms with Crippen molar-refractivity contribution in [3.05, 3.63) is 93.8 Å². The zero-order valence-electron chi connectivity index (χ0n) is 18.9. The smallest absolute Gasteiger partial charge is 0.266 e. The molecule has 0 unspecified atom stereocenters. The number of aryl methyl sites for hydroxylation is 1. The number of anilines is 1. The SMILES string of the molecule is Cc1cccc(-n2c(SCC(=O)c3ccc(NS(C)(=O)=O)cc3)nc3ccccc3c2=O)c1C. The van der Waals surface area contributed by atoms with Crippen LogP contribution in [0.4, 0.5) is 5.69 Å². The second kappa shape index (κ2) is 9.44. The van der Waals surface area contributed by atoms with Crippen molar-refractivity contribution < 1.29 is 13.2 Å². The monoisotopic (exact) mass is 493 g/mol. The Kier molecular flexibility index (Phi) is 6.58. The molecule has 1 N–H and O–H groups in total. The maximum absolute atomic E-state index is 13.4. The summed E-state index contributed by atoms with van der Waals surface area (Å²) >= 11 is 1.19. The molecule has 3 aromatic carbocycles. The van der Waals surface area contributed by atoms with E-state index in [1.54, 1.807) is 47.0 Å². The third kappa shape index (κ3) is 5.05. The first kappa shape index (κ1) is 23.7. The van der Waals surface area contributed by atoms with Crippen molar-refractivity contribution in [3.63, 3.8) is 0 Å². The predicted octanol–water partition coefficient (Wildman–Crippen LogP) is 4.35. The molecule has 0 radical (unpaired) electrons. The van der Waals surface area contributed by atoms with Gasteiger partial charge < -0.3 is 0 Å². The van der Waals surface area contributed by atoms with Gasteiger partial charge in [0.25, 0.3) is 5.56 Å². The summed E-state index contributed by atoms with van der Waals surface area (Å²) < 4.78 is 26.7. The third-order valence-corrected chi connectivity index (χ3v) is 6.95. The second-order valence-electron chi connectivity index (χ2n) is 7.93. The molecule has 1 heterocycles. The molecule has 0 saturated carbocycles. The highest BCUT2D eigenvalue weighted by molar-refractivity contribution is 7.99. The van der Waals surface area contributed by atoms with Crippen LogP contribution in [0, 0.1) is 13.8 Å². The van der Waals surface area contributed by atoms with Crippen molar-refractivity contribution in [1.82, 2.24) is 9.55 Å². The molecule has 7 nitrogen and oxygen atoms in total. The molecule has 0 aliphatic heterocycles. The maximum Gasteiger partial charge on any atom is 0.266 e. The zero-order chi connectivity index (χ0) is 24.5. The van der Waals surface area contributed by atoms with E-state index in [2.05, 4.69) is 4.72 Å². The van der Waals surface area contributed by atoms with Crippen molar-refractivity contribution in [2.75, 3.05) is 16.7 Å². The minimum Gasteiger partial charge on any atom is -0.293 e. The molecule has 0 spiro atoms.